The van der Waals surface area contributed by atoms with Crippen LogP contribution in [0.15, 0.2) is 67.4 Å². The zero-order valence-corrected chi connectivity index (χ0v) is 19.1. The predicted molar refractivity (Wildman–Crippen MR) is 124 cm³/mol. The highest BCUT2D eigenvalue weighted by Crippen LogP contribution is 2.26. The van der Waals surface area contributed by atoms with Crippen molar-refractivity contribution in [1.82, 2.24) is 25.1 Å². The van der Waals surface area contributed by atoms with Gasteiger partial charge in [0.05, 0.1) is 17.7 Å². The first-order valence-electron chi connectivity index (χ1n) is 10.9. The second-order valence-corrected chi connectivity index (χ2v) is 7.79. The van der Waals surface area contributed by atoms with Crippen LogP contribution in [0.25, 0.3) is 5.69 Å². The fraction of sp³-hybridized carbons (Fsp3) is 0.167. The summed E-state index contributed by atoms with van der Waals surface area (Å²) in [5.41, 5.74) is -0.359. The lowest BCUT2D eigenvalue weighted by atomic mass is 10.1. The summed E-state index contributed by atoms with van der Waals surface area (Å²) in [7, 11) is 0. The van der Waals surface area contributed by atoms with E-state index in [1.54, 1.807) is 6.07 Å². The Balaban J connectivity index is 1.48. The minimum atomic E-state index is -3.39. The molecule has 2 N–H and O–H groups in total. The van der Waals surface area contributed by atoms with Crippen molar-refractivity contribution in [2.24, 2.45) is 0 Å². The highest BCUT2D eigenvalue weighted by Gasteiger charge is 2.35. The fourth-order valence-corrected chi connectivity index (χ4v) is 3.52. The van der Waals surface area contributed by atoms with Crippen LogP contribution in [0.2, 0.25) is 0 Å². The van der Waals surface area contributed by atoms with E-state index in [1.807, 2.05) is 6.07 Å². The number of pyridine rings is 2. The first-order chi connectivity index (χ1) is 17.8. The average Bonchev–Trinajstić information content (AvgIpc) is 3.44. The molecule has 0 radical (unpaired) electrons. The number of hydrogen-bond donors (Lipinski definition) is 2. The Labute approximate surface area is 208 Å². The normalized spacial score (nSPS) is 11.1. The lowest BCUT2D eigenvalue weighted by Crippen LogP contribution is -2.41. The number of carbonyl (C=O) groups is 1. The third-order valence-corrected chi connectivity index (χ3v) is 5.38. The quantitative estimate of drug-likeness (QED) is 0.262. The minimum Gasteiger partial charge on any atom is -0.710 e. The van der Waals surface area contributed by atoms with Crippen LogP contribution in [0.3, 0.4) is 0 Å². The van der Waals surface area contributed by atoms with Crippen LogP contribution in [-0.4, -0.2) is 32.2 Å². The molecule has 0 bridgehead atoms. The molecule has 3 aromatic heterocycles. The van der Waals surface area contributed by atoms with Crippen molar-refractivity contribution in [2.45, 2.75) is 18.9 Å². The van der Waals surface area contributed by atoms with E-state index in [0.29, 0.717) is 5.69 Å². The number of nitrogens with one attached hydrogen (secondary N) is 2. The minimum absolute atomic E-state index is 0.110. The van der Waals surface area contributed by atoms with Gasteiger partial charge in [-0.25, -0.2) is 18.8 Å². The molecule has 0 aliphatic rings. The second kappa shape index (κ2) is 10.7. The number of aromatic nitrogens is 5. The zero-order valence-electron chi connectivity index (χ0n) is 19.1. The topological polar surface area (TPSA) is 135 Å². The van der Waals surface area contributed by atoms with Gasteiger partial charge in [0.25, 0.3) is 5.82 Å². The summed E-state index contributed by atoms with van der Waals surface area (Å²) >= 11 is 0. The number of anilines is 1. The molecular weight excluding hydrogens is 489 g/mol. The predicted octanol–water partition coefficient (Wildman–Crippen LogP) is 2.37. The van der Waals surface area contributed by atoms with E-state index in [2.05, 4.69) is 25.7 Å². The maximum Gasteiger partial charge on any atom is 0.325 e. The van der Waals surface area contributed by atoms with Gasteiger partial charge in [0.1, 0.15) is 35.9 Å². The van der Waals surface area contributed by atoms with E-state index in [0.717, 1.165) is 6.07 Å². The molecule has 0 unspecified atom stereocenters. The van der Waals surface area contributed by atoms with E-state index in [9.17, 15) is 28.4 Å². The molecule has 0 aliphatic carbocycles. The largest absolute Gasteiger partial charge is 0.710 e. The smallest absolute Gasteiger partial charge is 0.325 e. The maximum atomic E-state index is 14.5. The van der Waals surface area contributed by atoms with Gasteiger partial charge in [0.15, 0.2) is 6.54 Å². The Bertz CT molecular complexity index is 1440. The molecular formula is C24H19F3N8O2. The summed E-state index contributed by atoms with van der Waals surface area (Å²) in [6.45, 7) is -1.18. The number of nitriles is 1. The van der Waals surface area contributed by atoms with Gasteiger partial charge in [0, 0.05) is 24.4 Å². The van der Waals surface area contributed by atoms with Crippen LogP contribution in [0.5, 0.6) is 0 Å². The average molecular weight is 508 g/mol. The zero-order chi connectivity index (χ0) is 26.4. The van der Waals surface area contributed by atoms with Crippen molar-refractivity contribution in [1.29, 1.82) is 5.26 Å². The Morgan fingerprint density at radius 3 is 2.73 bits per heavy atom. The number of hydrogen-bond acceptors (Lipinski definition) is 7. The van der Waals surface area contributed by atoms with Crippen molar-refractivity contribution >= 4 is 11.7 Å². The Kier molecular flexibility index (Phi) is 7.28. The van der Waals surface area contributed by atoms with E-state index in [1.165, 1.54) is 59.9 Å². The summed E-state index contributed by atoms with van der Waals surface area (Å²) in [4.78, 5) is 20.1. The van der Waals surface area contributed by atoms with Crippen molar-refractivity contribution in [3.8, 4) is 11.8 Å². The van der Waals surface area contributed by atoms with Gasteiger partial charge >= 0.3 is 5.92 Å². The molecule has 0 atom stereocenters. The van der Waals surface area contributed by atoms with Crippen molar-refractivity contribution in [2.75, 3.05) is 11.9 Å². The van der Waals surface area contributed by atoms with Gasteiger partial charge in [-0.3, -0.25) is 15.1 Å². The maximum absolute atomic E-state index is 14.5. The molecule has 0 spiro atoms. The standard InChI is InChI=1S/C24H19F3N8O2/c25-18-4-3-5-19(34-15-29-14-33-34)17(18)12-31-23(36)10-20-16(11-28)7-8-22(35(20)37)32-13-24(26,27)21-6-1-2-9-30-21/h1-9,14-15,32H,10,12-13H2,(H,31,36). The first kappa shape index (κ1) is 25.1. The summed E-state index contributed by atoms with van der Waals surface area (Å²) in [6, 6.07) is 12.6. The van der Waals surface area contributed by atoms with Crippen LogP contribution >= 0.6 is 0 Å². The van der Waals surface area contributed by atoms with Crippen LogP contribution in [-0.2, 0) is 23.7 Å². The summed E-state index contributed by atoms with van der Waals surface area (Å²) in [6.07, 6.45) is 3.32. The molecule has 188 valence electrons. The fourth-order valence-electron chi connectivity index (χ4n) is 3.52. The van der Waals surface area contributed by atoms with Gasteiger partial charge < -0.3 is 10.5 Å². The molecule has 0 fully saturated rings. The number of amides is 1. The molecule has 10 nitrogen and oxygen atoms in total. The SMILES string of the molecule is N#Cc1ccc(NCC(F)(F)c2ccccn2)[n+]([O-])c1CC(=O)NCc1c(F)cccc1-n1cncn1. The first-order valence-corrected chi connectivity index (χ1v) is 10.9. The van der Waals surface area contributed by atoms with Gasteiger partial charge in [-0.2, -0.15) is 19.1 Å². The number of rotatable bonds is 9. The molecule has 0 saturated heterocycles. The van der Waals surface area contributed by atoms with E-state index < -0.39 is 36.3 Å². The number of carbonyl (C=O) groups excluding carboxylic acids is 1. The number of benzene rings is 1. The van der Waals surface area contributed by atoms with Gasteiger partial charge in [-0.1, -0.05) is 12.1 Å². The number of halogens is 3. The van der Waals surface area contributed by atoms with E-state index in [-0.39, 0.29) is 33.9 Å². The third-order valence-electron chi connectivity index (χ3n) is 5.38. The summed E-state index contributed by atoms with van der Waals surface area (Å²) in [5, 5.41) is 31.1. The highest BCUT2D eigenvalue weighted by atomic mass is 19.3. The molecule has 1 aromatic carbocycles. The number of nitrogens with zero attached hydrogens (tertiary/aromatic N) is 6. The molecule has 3 heterocycles. The molecule has 4 aromatic rings. The molecule has 37 heavy (non-hydrogen) atoms. The van der Waals surface area contributed by atoms with Crippen molar-refractivity contribution in [3.05, 3.63) is 101 Å². The summed E-state index contributed by atoms with van der Waals surface area (Å²) in [5.74, 6) is -4.95. The molecule has 1 amide bonds. The highest BCUT2D eigenvalue weighted by molar-refractivity contribution is 5.78. The van der Waals surface area contributed by atoms with Crippen LogP contribution in [0.4, 0.5) is 19.0 Å². The lowest BCUT2D eigenvalue weighted by Gasteiger charge is -2.18. The Morgan fingerprint density at radius 1 is 1.19 bits per heavy atom. The lowest BCUT2D eigenvalue weighted by molar-refractivity contribution is -0.598. The molecule has 0 saturated carbocycles. The molecule has 4 rings (SSSR count). The van der Waals surface area contributed by atoms with E-state index in [4.69, 9.17) is 0 Å². The molecule has 13 heteroatoms. The second-order valence-electron chi connectivity index (χ2n) is 7.79. The Hall–Kier alpha value is -4.99. The number of alkyl halides is 2. The van der Waals surface area contributed by atoms with Gasteiger partial charge in [-0.05, 0) is 30.3 Å². The van der Waals surface area contributed by atoms with E-state index >= 15 is 0 Å². The van der Waals surface area contributed by atoms with Crippen LogP contribution in [0, 0.1) is 22.4 Å². The van der Waals surface area contributed by atoms with Gasteiger partial charge in [0.2, 0.25) is 5.91 Å². The third kappa shape index (κ3) is 5.64. The Morgan fingerprint density at radius 2 is 2.03 bits per heavy atom. The summed E-state index contributed by atoms with van der Waals surface area (Å²) < 4.78 is 45.0. The molecule has 0 aliphatic heterocycles. The van der Waals surface area contributed by atoms with Gasteiger partial charge in [-0.15, -0.1) is 0 Å². The van der Waals surface area contributed by atoms with Crippen LogP contribution < -0.4 is 15.4 Å². The monoisotopic (exact) mass is 508 g/mol. The van der Waals surface area contributed by atoms with Crippen LogP contribution in [0.1, 0.15) is 22.5 Å². The van der Waals surface area contributed by atoms with Crippen molar-refractivity contribution < 1.29 is 22.7 Å². The van der Waals surface area contributed by atoms with Crippen molar-refractivity contribution in [3.63, 3.8) is 0 Å².